The van der Waals surface area contributed by atoms with Crippen LogP contribution >= 0.6 is 23.2 Å². The quantitative estimate of drug-likeness (QED) is 0.870. The molecule has 0 radical (unpaired) electrons. The van der Waals surface area contributed by atoms with Crippen LogP contribution in [0, 0.1) is 0 Å². The molecule has 0 saturated carbocycles. The predicted octanol–water partition coefficient (Wildman–Crippen LogP) is 2.91. The maximum Gasteiger partial charge on any atom is 0.317 e. The molecule has 25 heavy (non-hydrogen) atoms. The molecule has 3 rings (SSSR count). The molecular weight excluding hydrogens is 359 g/mol. The molecule has 0 aromatic heterocycles. The Kier molecular flexibility index (Phi) is 6.44. The maximum atomic E-state index is 12.4. The summed E-state index contributed by atoms with van der Waals surface area (Å²) in [5.41, 5.74) is 0.952. The van der Waals surface area contributed by atoms with Crippen LogP contribution in [-0.4, -0.2) is 73.1 Å². The van der Waals surface area contributed by atoms with Crippen LogP contribution in [-0.2, 0) is 6.54 Å². The van der Waals surface area contributed by atoms with Gasteiger partial charge in [-0.25, -0.2) is 4.79 Å². The normalized spacial score (nSPS) is 20.7. The molecule has 138 valence electrons. The molecule has 5 nitrogen and oxygen atoms in total. The van der Waals surface area contributed by atoms with Gasteiger partial charge in [0.15, 0.2) is 0 Å². The van der Waals surface area contributed by atoms with Crippen molar-refractivity contribution in [3.63, 3.8) is 0 Å². The number of nitrogens with one attached hydrogen (secondary N) is 1. The first-order chi connectivity index (χ1) is 12.0. The monoisotopic (exact) mass is 384 g/mol. The molecule has 2 saturated heterocycles. The number of piperidine rings is 1. The fourth-order valence-electron chi connectivity index (χ4n) is 3.59. The molecule has 0 bridgehead atoms. The zero-order valence-corrected chi connectivity index (χ0v) is 16.2. The van der Waals surface area contributed by atoms with Crippen molar-refractivity contribution in [1.29, 1.82) is 0 Å². The molecule has 1 N–H and O–H groups in total. The van der Waals surface area contributed by atoms with E-state index >= 15 is 0 Å². The Bertz CT molecular complexity index is 597. The minimum Gasteiger partial charge on any atom is -0.334 e. The standard InChI is InChI=1S/C18H26Cl2N4O/c1-22-6-4-15(5-7-22)23-8-10-24(11-9-23)18(25)21-13-14-2-3-16(19)17(20)12-14/h2-3,12,15H,4-11,13H2,1H3,(H,21,25). The molecule has 0 unspecified atom stereocenters. The summed E-state index contributed by atoms with van der Waals surface area (Å²) in [7, 11) is 2.19. The second-order valence-electron chi connectivity index (χ2n) is 6.96. The van der Waals surface area contributed by atoms with E-state index in [2.05, 4.69) is 22.2 Å². The lowest BCUT2D eigenvalue weighted by Crippen LogP contribution is -2.55. The van der Waals surface area contributed by atoms with Crippen molar-refractivity contribution < 1.29 is 4.79 Å². The van der Waals surface area contributed by atoms with Gasteiger partial charge >= 0.3 is 6.03 Å². The number of amides is 2. The number of urea groups is 1. The number of carbonyl (C=O) groups excluding carboxylic acids is 1. The summed E-state index contributed by atoms with van der Waals surface area (Å²) < 4.78 is 0. The topological polar surface area (TPSA) is 38.8 Å². The second-order valence-corrected chi connectivity index (χ2v) is 7.78. The van der Waals surface area contributed by atoms with E-state index in [4.69, 9.17) is 23.2 Å². The third-order valence-corrected chi connectivity index (χ3v) is 5.97. The minimum absolute atomic E-state index is 0.00546. The zero-order valence-electron chi connectivity index (χ0n) is 14.7. The summed E-state index contributed by atoms with van der Waals surface area (Å²) in [6.07, 6.45) is 2.47. The first kappa shape index (κ1) is 18.8. The minimum atomic E-state index is -0.00546. The molecule has 1 aromatic carbocycles. The third kappa shape index (κ3) is 5.00. The molecule has 2 aliphatic heterocycles. The highest BCUT2D eigenvalue weighted by Crippen LogP contribution is 2.22. The molecule has 2 aliphatic rings. The summed E-state index contributed by atoms with van der Waals surface area (Å²) in [6, 6.07) is 6.10. The van der Waals surface area contributed by atoms with Gasteiger partial charge < -0.3 is 15.1 Å². The van der Waals surface area contributed by atoms with E-state index in [1.165, 1.54) is 25.9 Å². The van der Waals surface area contributed by atoms with Crippen molar-refractivity contribution in [2.45, 2.75) is 25.4 Å². The summed E-state index contributed by atoms with van der Waals surface area (Å²) in [5, 5.41) is 4.02. The van der Waals surface area contributed by atoms with E-state index in [9.17, 15) is 4.79 Å². The van der Waals surface area contributed by atoms with E-state index < -0.39 is 0 Å². The number of hydrogen-bond donors (Lipinski definition) is 1. The number of carbonyl (C=O) groups is 1. The Balaban J connectivity index is 1.43. The van der Waals surface area contributed by atoms with Gasteiger partial charge in [-0.05, 0) is 50.7 Å². The van der Waals surface area contributed by atoms with Gasteiger partial charge in [0.25, 0.3) is 0 Å². The highest BCUT2D eigenvalue weighted by atomic mass is 35.5. The summed E-state index contributed by atoms with van der Waals surface area (Å²) in [5.74, 6) is 0. The van der Waals surface area contributed by atoms with Gasteiger partial charge in [0, 0.05) is 38.8 Å². The number of piperazine rings is 1. The fraction of sp³-hybridized carbons (Fsp3) is 0.611. The van der Waals surface area contributed by atoms with Crippen LogP contribution in [0.2, 0.25) is 10.0 Å². The number of nitrogens with zero attached hydrogens (tertiary/aromatic N) is 3. The van der Waals surface area contributed by atoms with Gasteiger partial charge in [0.2, 0.25) is 0 Å². The van der Waals surface area contributed by atoms with Crippen LogP contribution in [0.3, 0.4) is 0 Å². The van der Waals surface area contributed by atoms with Crippen LogP contribution in [0.1, 0.15) is 18.4 Å². The van der Waals surface area contributed by atoms with E-state index in [1.54, 1.807) is 12.1 Å². The molecular formula is C18H26Cl2N4O. The molecule has 0 aliphatic carbocycles. The average Bonchev–Trinajstić information content (AvgIpc) is 2.63. The van der Waals surface area contributed by atoms with Gasteiger partial charge in [-0.15, -0.1) is 0 Å². The van der Waals surface area contributed by atoms with E-state index in [0.29, 0.717) is 22.6 Å². The SMILES string of the molecule is CN1CCC(N2CCN(C(=O)NCc3ccc(Cl)c(Cl)c3)CC2)CC1. The largest absolute Gasteiger partial charge is 0.334 e. The lowest BCUT2D eigenvalue weighted by molar-refractivity contribution is 0.0749. The number of likely N-dealkylation sites (tertiary alicyclic amines) is 1. The Morgan fingerprint density at radius 2 is 1.76 bits per heavy atom. The first-order valence-corrected chi connectivity index (χ1v) is 9.68. The van der Waals surface area contributed by atoms with Crippen molar-refractivity contribution in [3.8, 4) is 0 Å². The Morgan fingerprint density at radius 3 is 2.40 bits per heavy atom. The van der Waals surface area contributed by atoms with Gasteiger partial charge in [-0.3, -0.25) is 4.90 Å². The van der Waals surface area contributed by atoms with E-state index in [0.717, 1.165) is 31.7 Å². The Labute approximate surface area is 159 Å². The first-order valence-electron chi connectivity index (χ1n) is 8.92. The number of benzene rings is 1. The molecule has 2 amide bonds. The smallest absolute Gasteiger partial charge is 0.317 e. The van der Waals surface area contributed by atoms with Gasteiger partial charge in [-0.2, -0.15) is 0 Å². The van der Waals surface area contributed by atoms with E-state index in [-0.39, 0.29) is 6.03 Å². The molecule has 7 heteroatoms. The Hall–Kier alpha value is -1.01. The summed E-state index contributed by atoms with van der Waals surface area (Å²) in [4.78, 5) is 19.2. The van der Waals surface area contributed by atoms with Crippen LogP contribution in [0.4, 0.5) is 4.79 Å². The van der Waals surface area contributed by atoms with Crippen molar-refractivity contribution in [2.24, 2.45) is 0 Å². The molecule has 1 aromatic rings. The molecule has 0 atom stereocenters. The van der Waals surface area contributed by atoms with Crippen LogP contribution in [0.5, 0.6) is 0 Å². The summed E-state index contributed by atoms with van der Waals surface area (Å²) in [6.45, 7) is 6.33. The van der Waals surface area contributed by atoms with Gasteiger partial charge in [-0.1, -0.05) is 29.3 Å². The van der Waals surface area contributed by atoms with Crippen LogP contribution in [0.15, 0.2) is 18.2 Å². The van der Waals surface area contributed by atoms with Crippen molar-refractivity contribution in [2.75, 3.05) is 46.3 Å². The maximum absolute atomic E-state index is 12.4. The van der Waals surface area contributed by atoms with Gasteiger partial charge in [0.1, 0.15) is 0 Å². The number of halogens is 2. The van der Waals surface area contributed by atoms with Gasteiger partial charge in [0.05, 0.1) is 10.0 Å². The number of rotatable bonds is 3. The van der Waals surface area contributed by atoms with Crippen molar-refractivity contribution in [1.82, 2.24) is 20.0 Å². The lowest BCUT2D eigenvalue weighted by Gasteiger charge is -2.42. The van der Waals surface area contributed by atoms with Crippen LogP contribution < -0.4 is 5.32 Å². The third-order valence-electron chi connectivity index (χ3n) is 5.23. The number of hydrogen-bond acceptors (Lipinski definition) is 3. The van der Waals surface area contributed by atoms with Crippen LogP contribution in [0.25, 0.3) is 0 Å². The fourth-order valence-corrected chi connectivity index (χ4v) is 3.91. The average molecular weight is 385 g/mol. The lowest BCUT2D eigenvalue weighted by atomic mass is 10.0. The highest BCUT2D eigenvalue weighted by molar-refractivity contribution is 6.42. The second kappa shape index (κ2) is 8.58. The van der Waals surface area contributed by atoms with E-state index in [1.807, 2.05) is 11.0 Å². The van der Waals surface area contributed by atoms with Crippen molar-refractivity contribution >= 4 is 29.2 Å². The van der Waals surface area contributed by atoms with Crippen molar-refractivity contribution in [3.05, 3.63) is 33.8 Å². The highest BCUT2D eigenvalue weighted by Gasteiger charge is 2.27. The predicted molar refractivity (Wildman–Crippen MR) is 102 cm³/mol. The molecule has 2 fully saturated rings. The molecule has 2 heterocycles. The zero-order chi connectivity index (χ0) is 17.8. The summed E-state index contributed by atoms with van der Waals surface area (Å²) >= 11 is 11.9. The molecule has 0 spiro atoms. The Morgan fingerprint density at radius 1 is 1.08 bits per heavy atom.